The predicted molar refractivity (Wildman–Crippen MR) is 68.8 cm³/mol. The third-order valence-electron chi connectivity index (χ3n) is 2.43. The SMILES string of the molecule is CCCCCCCC[P+](C)(C)OC(C)=O. The lowest BCUT2D eigenvalue weighted by molar-refractivity contribution is -0.131. The van der Waals surface area contributed by atoms with Gasteiger partial charge in [0.25, 0.3) is 0 Å². The normalized spacial score (nSPS) is 11.5. The molecule has 0 aromatic heterocycles. The molecule has 0 bridgehead atoms. The molecule has 0 aromatic carbocycles. The molecule has 0 amide bonds. The van der Waals surface area contributed by atoms with E-state index < -0.39 is 7.49 Å². The Balaban J connectivity index is 3.44. The van der Waals surface area contributed by atoms with Crippen LogP contribution in [0.4, 0.5) is 0 Å². The largest absolute Gasteiger partial charge is 0.346 e. The molecule has 0 unspecified atom stereocenters. The van der Waals surface area contributed by atoms with Crippen LogP contribution in [0.2, 0.25) is 0 Å². The van der Waals surface area contributed by atoms with Crippen LogP contribution in [0, 0.1) is 0 Å². The van der Waals surface area contributed by atoms with Gasteiger partial charge in [0.2, 0.25) is 0 Å². The van der Waals surface area contributed by atoms with Crippen LogP contribution in [0.25, 0.3) is 0 Å². The number of hydrogen-bond donors (Lipinski definition) is 0. The predicted octanol–water partition coefficient (Wildman–Crippen LogP) is 4.10. The molecular weight excluding hydrogens is 207 g/mol. The first-order valence-corrected chi connectivity index (χ1v) is 8.80. The van der Waals surface area contributed by atoms with Crippen molar-refractivity contribution in [3.8, 4) is 0 Å². The fraction of sp³-hybridized carbons (Fsp3) is 0.917. The van der Waals surface area contributed by atoms with Crippen molar-refractivity contribution in [2.45, 2.75) is 52.4 Å². The Morgan fingerprint density at radius 3 is 2.13 bits per heavy atom. The highest BCUT2D eigenvalue weighted by Crippen LogP contribution is 2.53. The number of hydrogen-bond acceptors (Lipinski definition) is 2. The number of carbonyl (C=O) groups is 1. The average molecular weight is 233 g/mol. The maximum absolute atomic E-state index is 10.8. The van der Waals surface area contributed by atoms with E-state index in [0.29, 0.717) is 0 Å². The molecule has 0 N–H and O–H groups in total. The van der Waals surface area contributed by atoms with E-state index in [1.54, 1.807) is 0 Å². The number of carbonyl (C=O) groups excluding carboxylic acids is 1. The third kappa shape index (κ3) is 10.2. The summed E-state index contributed by atoms with van der Waals surface area (Å²) < 4.78 is 5.34. The van der Waals surface area contributed by atoms with Crippen molar-refractivity contribution in [2.24, 2.45) is 0 Å². The van der Waals surface area contributed by atoms with E-state index in [-0.39, 0.29) is 5.97 Å². The van der Waals surface area contributed by atoms with Crippen molar-refractivity contribution in [1.82, 2.24) is 0 Å². The van der Waals surface area contributed by atoms with Gasteiger partial charge in [-0.15, -0.1) is 0 Å². The minimum Gasteiger partial charge on any atom is -0.314 e. The Morgan fingerprint density at radius 2 is 1.60 bits per heavy atom. The van der Waals surface area contributed by atoms with Crippen LogP contribution in [0.3, 0.4) is 0 Å². The number of rotatable bonds is 8. The molecule has 0 fully saturated rings. The lowest BCUT2D eigenvalue weighted by Gasteiger charge is -2.15. The quantitative estimate of drug-likeness (QED) is 0.466. The van der Waals surface area contributed by atoms with E-state index in [1.165, 1.54) is 45.4 Å². The van der Waals surface area contributed by atoms with Gasteiger partial charge in [0.15, 0.2) is 7.49 Å². The first-order chi connectivity index (χ1) is 6.98. The van der Waals surface area contributed by atoms with Crippen molar-refractivity contribution in [3.63, 3.8) is 0 Å². The summed E-state index contributed by atoms with van der Waals surface area (Å²) in [7, 11) is -1.40. The minimum atomic E-state index is -1.40. The van der Waals surface area contributed by atoms with Crippen LogP contribution >= 0.6 is 7.49 Å². The van der Waals surface area contributed by atoms with Gasteiger partial charge < -0.3 is 4.52 Å². The first-order valence-electron chi connectivity index (χ1n) is 6.01. The second kappa shape index (κ2) is 8.10. The molecule has 0 atom stereocenters. The van der Waals surface area contributed by atoms with Crippen molar-refractivity contribution in [2.75, 3.05) is 19.5 Å². The molecule has 2 nitrogen and oxygen atoms in total. The van der Waals surface area contributed by atoms with Crippen molar-refractivity contribution >= 4 is 13.5 Å². The fourth-order valence-electron chi connectivity index (χ4n) is 1.67. The summed E-state index contributed by atoms with van der Waals surface area (Å²) in [6.07, 6.45) is 8.90. The Morgan fingerprint density at radius 1 is 1.07 bits per heavy atom. The minimum absolute atomic E-state index is 0.126. The van der Waals surface area contributed by atoms with Crippen LogP contribution in [0.1, 0.15) is 52.4 Å². The second-order valence-corrected chi connectivity index (χ2v) is 8.43. The smallest absolute Gasteiger partial charge is 0.314 e. The first kappa shape index (κ1) is 14.9. The van der Waals surface area contributed by atoms with Crippen molar-refractivity contribution in [1.29, 1.82) is 0 Å². The van der Waals surface area contributed by atoms with E-state index in [9.17, 15) is 4.79 Å². The zero-order valence-corrected chi connectivity index (χ0v) is 11.6. The van der Waals surface area contributed by atoms with E-state index >= 15 is 0 Å². The fourth-order valence-corrected chi connectivity index (χ4v) is 3.44. The van der Waals surface area contributed by atoms with Crippen LogP contribution in [0.15, 0.2) is 0 Å². The van der Waals surface area contributed by atoms with Gasteiger partial charge in [0.05, 0.1) is 19.5 Å². The highest BCUT2D eigenvalue weighted by Gasteiger charge is 2.28. The molecule has 0 aliphatic carbocycles. The topological polar surface area (TPSA) is 26.3 Å². The molecule has 0 saturated heterocycles. The second-order valence-electron chi connectivity index (χ2n) is 4.65. The lowest BCUT2D eigenvalue weighted by Crippen LogP contribution is -2.04. The average Bonchev–Trinajstić information content (AvgIpc) is 2.08. The van der Waals surface area contributed by atoms with Gasteiger partial charge in [-0.2, -0.15) is 0 Å². The van der Waals surface area contributed by atoms with E-state index in [0.717, 1.165) is 6.16 Å². The number of unbranched alkanes of at least 4 members (excludes halogenated alkanes) is 5. The summed E-state index contributed by atoms with van der Waals surface area (Å²) in [5.74, 6) is -0.126. The molecule has 0 radical (unpaired) electrons. The molecule has 0 saturated carbocycles. The molecule has 0 rings (SSSR count). The maximum atomic E-state index is 10.8. The molecule has 3 heteroatoms. The standard InChI is InChI=1S/C12H26O2P/c1-5-6-7-8-9-10-11-15(3,4)14-12(2)13/h5-11H2,1-4H3/q+1. The van der Waals surface area contributed by atoms with Crippen molar-refractivity contribution < 1.29 is 9.32 Å². The summed E-state index contributed by atoms with van der Waals surface area (Å²) in [6, 6.07) is 0. The van der Waals surface area contributed by atoms with Gasteiger partial charge >= 0.3 is 5.97 Å². The monoisotopic (exact) mass is 233 g/mol. The molecule has 0 heterocycles. The highest BCUT2D eigenvalue weighted by atomic mass is 31.2. The summed E-state index contributed by atoms with van der Waals surface area (Å²) >= 11 is 0. The van der Waals surface area contributed by atoms with E-state index in [4.69, 9.17) is 4.52 Å². The van der Waals surface area contributed by atoms with Crippen LogP contribution in [0.5, 0.6) is 0 Å². The van der Waals surface area contributed by atoms with Crippen molar-refractivity contribution in [3.05, 3.63) is 0 Å². The van der Waals surface area contributed by atoms with E-state index in [2.05, 4.69) is 20.3 Å². The van der Waals surface area contributed by atoms with Crippen LogP contribution in [-0.2, 0) is 9.32 Å². The highest BCUT2D eigenvalue weighted by molar-refractivity contribution is 7.70. The Kier molecular flexibility index (Phi) is 8.04. The zero-order chi connectivity index (χ0) is 11.7. The Labute approximate surface area is 95.2 Å². The van der Waals surface area contributed by atoms with Crippen LogP contribution < -0.4 is 0 Å². The molecule has 0 aliphatic heterocycles. The molecule has 90 valence electrons. The van der Waals surface area contributed by atoms with Gasteiger partial charge in [0, 0.05) is 6.92 Å². The van der Waals surface area contributed by atoms with Gasteiger partial charge in [-0.05, 0) is 12.8 Å². The summed E-state index contributed by atoms with van der Waals surface area (Å²) in [5, 5.41) is 0. The van der Waals surface area contributed by atoms with Gasteiger partial charge in [0.1, 0.15) is 0 Å². The Bertz CT molecular complexity index is 178. The third-order valence-corrected chi connectivity index (χ3v) is 4.57. The molecular formula is C12H26O2P+. The maximum Gasteiger partial charge on any atom is 0.346 e. The molecule has 0 spiro atoms. The molecule has 15 heavy (non-hydrogen) atoms. The van der Waals surface area contributed by atoms with Gasteiger partial charge in [-0.3, -0.25) is 0 Å². The summed E-state index contributed by atoms with van der Waals surface area (Å²) in [6.45, 7) is 7.93. The summed E-state index contributed by atoms with van der Waals surface area (Å²) in [4.78, 5) is 10.8. The van der Waals surface area contributed by atoms with Gasteiger partial charge in [-0.25, -0.2) is 4.79 Å². The molecule has 0 aromatic rings. The lowest BCUT2D eigenvalue weighted by atomic mass is 10.1. The molecule has 0 aliphatic rings. The summed E-state index contributed by atoms with van der Waals surface area (Å²) in [5.41, 5.74) is 0. The van der Waals surface area contributed by atoms with Crippen LogP contribution in [-0.4, -0.2) is 25.5 Å². The zero-order valence-electron chi connectivity index (χ0n) is 10.7. The van der Waals surface area contributed by atoms with Gasteiger partial charge in [-0.1, -0.05) is 32.6 Å². The van der Waals surface area contributed by atoms with E-state index in [1.807, 2.05) is 0 Å². The Hall–Kier alpha value is -0.100.